The Morgan fingerprint density at radius 1 is 0.946 bits per heavy atom. The standard InChI is InChI=1S/C28H35N5O3S/c34-25(29-28-31-30-27(37-28)22-8-2-1-3-9-22)13-14-26(35)33-17-15-32(16-18-33)19-20-36-24-12-6-10-21-7-4-5-11-23(21)24/h4-7,10-12,22H,1-3,8-9,13-20H2,(H,29,31,34). The van der Waals surface area contributed by atoms with E-state index in [4.69, 9.17) is 4.74 Å². The number of hydrogen-bond acceptors (Lipinski definition) is 7. The van der Waals surface area contributed by atoms with E-state index >= 15 is 0 Å². The van der Waals surface area contributed by atoms with E-state index in [9.17, 15) is 9.59 Å². The monoisotopic (exact) mass is 521 g/mol. The summed E-state index contributed by atoms with van der Waals surface area (Å²) in [4.78, 5) is 29.2. The van der Waals surface area contributed by atoms with E-state index in [0.717, 1.165) is 48.6 Å². The minimum Gasteiger partial charge on any atom is -0.492 e. The van der Waals surface area contributed by atoms with E-state index in [1.54, 1.807) is 0 Å². The van der Waals surface area contributed by atoms with Gasteiger partial charge in [-0.15, -0.1) is 10.2 Å². The third kappa shape index (κ3) is 6.84. The van der Waals surface area contributed by atoms with E-state index in [-0.39, 0.29) is 24.7 Å². The quantitative estimate of drug-likeness (QED) is 0.440. The first-order chi connectivity index (χ1) is 18.2. The molecule has 1 saturated carbocycles. The molecular weight excluding hydrogens is 486 g/mol. The maximum Gasteiger partial charge on any atom is 0.226 e. The molecule has 1 N–H and O–H groups in total. The summed E-state index contributed by atoms with van der Waals surface area (Å²) in [5.41, 5.74) is 0. The number of rotatable bonds is 9. The average molecular weight is 522 g/mol. The van der Waals surface area contributed by atoms with E-state index in [1.807, 2.05) is 29.2 Å². The van der Waals surface area contributed by atoms with Crippen LogP contribution in [0.2, 0.25) is 0 Å². The van der Waals surface area contributed by atoms with E-state index < -0.39 is 0 Å². The van der Waals surface area contributed by atoms with Crippen molar-refractivity contribution in [1.29, 1.82) is 0 Å². The number of hydrogen-bond donors (Lipinski definition) is 1. The molecule has 1 saturated heterocycles. The second-order valence-corrected chi connectivity index (χ2v) is 10.9. The SMILES string of the molecule is O=C(CCC(=O)N1CCN(CCOc2cccc3ccccc23)CC1)Nc1nnc(C2CCCCC2)s1. The zero-order valence-electron chi connectivity index (χ0n) is 21.2. The molecule has 2 fully saturated rings. The molecule has 1 aliphatic carbocycles. The van der Waals surface area contributed by atoms with Gasteiger partial charge in [0.15, 0.2) is 0 Å². The third-order valence-electron chi connectivity index (χ3n) is 7.35. The van der Waals surface area contributed by atoms with Gasteiger partial charge in [0.1, 0.15) is 17.4 Å². The summed E-state index contributed by atoms with van der Waals surface area (Å²) in [6, 6.07) is 14.3. The van der Waals surface area contributed by atoms with E-state index in [1.165, 1.54) is 36.0 Å². The lowest BCUT2D eigenvalue weighted by atomic mass is 9.90. The van der Waals surface area contributed by atoms with Crippen molar-refractivity contribution in [2.75, 3.05) is 44.6 Å². The van der Waals surface area contributed by atoms with Crippen LogP contribution in [0.15, 0.2) is 42.5 Å². The van der Waals surface area contributed by atoms with Crippen LogP contribution >= 0.6 is 11.3 Å². The molecule has 2 aliphatic rings. The molecule has 0 atom stereocenters. The predicted molar refractivity (Wildman–Crippen MR) is 146 cm³/mol. The molecule has 0 bridgehead atoms. The summed E-state index contributed by atoms with van der Waals surface area (Å²) in [7, 11) is 0. The van der Waals surface area contributed by atoms with Gasteiger partial charge in [0.2, 0.25) is 16.9 Å². The van der Waals surface area contributed by atoms with Crippen LogP contribution < -0.4 is 10.1 Å². The minimum absolute atomic E-state index is 0.0296. The van der Waals surface area contributed by atoms with Gasteiger partial charge < -0.3 is 15.0 Å². The van der Waals surface area contributed by atoms with Crippen molar-refractivity contribution in [2.45, 2.75) is 50.9 Å². The Kier molecular flexibility index (Phi) is 8.63. The Bertz CT molecular complexity index is 1200. The van der Waals surface area contributed by atoms with Crippen molar-refractivity contribution in [3.8, 4) is 5.75 Å². The van der Waals surface area contributed by atoms with Gasteiger partial charge >= 0.3 is 0 Å². The largest absolute Gasteiger partial charge is 0.492 e. The molecule has 2 aromatic carbocycles. The number of fused-ring (bicyclic) bond motifs is 1. The third-order valence-corrected chi connectivity index (χ3v) is 8.35. The number of benzene rings is 2. The Morgan fingerprint density at radius 2 is 1.73 bits per heavy atom. The first-order valence-corrected chi connectivity index (χ1v) is 14.2. The van der Waals surface area contributed by atoms with Gasteiger partial charge in [0.05, 0.1) is 0 Å². The summed E-state index contributed by atoms with van der Waals surface area (Å²) in [5.74, 6) is 1.23. The summed E-state index contributed by atoms with van der Waals surface area (Å²) in [6.45, 7) is 4.40. The molecule has 9 heteroatoms. The van der Waals surface area contributed by atoms with E-state index in [2.05, 4.69) is 38.6 Å². The highest BCUT2D eigenvalue weighted by molar-refractivity contribution is 7.15. The maximum atomic E-state index is 12.7. The maximum absolute atomic E-state index is 12.7. The molecule has 1 aliphatic heterocycles. The van der Waals surface area contributed by atoms with Crippen LogP contribution in [0.3, 0.4) is 0 Å². The number of amides is 2. The Labute approximate surface area is 222 Å². The number of aromatic nitrogens is 2. The summed E-state index contributed by atoms with van der Waals surface area (Å²) in [5, 5.41) is 15.1. The lowest BCUT2D eigenvalue weighted by Gasteiger charge is -2.34. The number of nitrogens with zero attached hydrogens (tertiary/aromatic N) is 4. The molecule has 0 radical (unpaired) electrons. The topological polar surface area (TPSA) is 87.7 Å². The van der Waals surface area contributed by atoms with E-state index in [0.29, 0.717) is 30.7 Å². The number of ether oxygens (including phenoxy) is 1. The van der Waals surface area contributed by atoms with Crippen molar-refractivity contribution < 1.29 is 14.3 Å². The summed E-state index contributed by atoms with van der Waals surface area (Å²) < 4.78 is 6.07. The fourth-order valence-electron chi connectivity index (χ4n) is 5.19. The lowest BCUT2D eigenvalue weighted by Crippen LogP contribution is -2.49. The molecule has 1 aromatic heterocycles. The zero-order valence-corrected chi connectivity index (χ0v) is 22.0. The van der Waals surface area contributed by atoms with Crippen LogP contribution in [-0.4, -0.2) is 71.1 Å². The van der Waals surface area contributed by atoms with Gasteiger partial charge in [-0.05, 0) is 24.3 Å². The molecule has 2 amide bonds. The van der Waals surface area contributed by atoms with Crippen molar-refractivity contribution in [2.24, 2.45) is 0 Å². The number of carbonyl (C=O) groups excluding carboxylic acids is 2. The van der Waals surface area contributed by atoms with Crippen LogP contribution in [0.5, 0.6) is 5.75 Å². The average Bonchev–Trinajstić information content (AvgIpc) is 3.41. The van der Waals surface area contributed by atoms with Crippen molar-refractivity contribution >= 4 is 39.1 Å². The smallest absolute Gasteiger partial charge is 0.226 e. The Balaban J connectivity index is 0.992. The van der Waals surface area contributed by atoms with Gasteiger partial charge in [-0.25, -0.2) is 0 Å². The molecule has 37 heavy (non-hydrogen) atoms. The molecule has 2 heterocycles. The number of anilines is 1. The van der Waals surface area contributed by atoms with Crippen LogP contribution in [0.25, 0.3) is 10.8 Å². The number of nitrogens with one attached hydrogen (secondary N) is 1. The van der Waals surface area contributed by atoms with Crippen LogP contribution in [0, 0.1) is 0 Å². The van der Waals surface area contributed by atoms with Gasteiger partial charge in [0.25, 0.3) is 0 Å². The number of carbonyl (C=O) groups is 2. The minimum atomic E-state index is -0.177. The Morgan fingerprint density at radius 3 is 2.57 bits per heavy atom. The normalized spacial score (nSPS) is 17.1. The zero-order chi connectivity index (χ0) is 25.5. The molecule has 0 unspecified atom stereocenters. The second-order valence-electron chi connectivity index (χ2n) is 9.88. The van der Waals surface area contributed by atoms with Crippen LogP contribution in [0.1, 0.15) is 55.9 Å². The van der Waals surface area contributed by atoms with Gasteiger partial charge in [-0.1, -0.05) is 67.0 Å². The Hall–Kier alpha value is -3.04. The second kappa shape index (κ2) is 12.5. The fraction of sp³-hybridized carbons (Fsp3) is 0.500. The predicted octanol–water partition coefficient (Wildman–Crippen LogP) is 4.68. The first-order valence-electron chi connectivity index (χ1n) is 13.4. The van der Waals surface area contributed by atoms with Crippen LogP contribution in [-0.2, 0) is 9.59 Å². The van der Waals surface area contributed by atoms with Gasteiger partial charge in [-0.2, -0.15) is 0 Å². The van der Waals surface area contributed by atoms with Gasteiger partial charge in [-0.3, -0.25) is 14.5 Å². The summed E-state index contributed by atoms with van der Waals surface area (Å²) >= 11 is 1.47. The van der Waals surface area contributed by atoms with Crippen LogP contribution in [0.4, 0.5) is 5.13 Å². The van der Waals surface area contributed by atoms with Crippen molar-refractivity contribution in [3.63, 3.8) is 0 Å². The van der Waals surface area contributed by atoms with Crippen molar-refractivity contribution in [3.05, 3.63) is 47.5 Å². The van der Waals surface area contributed by atoms with Crippen molar-refractivity contribution in [1.82, 2.24) is 20.0 Å². The molecule has 0 spiro atoms. The molecule has 3 aromatic rings. The highest BCUT2D eigenvalue weighted by atomic mass is 32.1. The molecule has 8 nitrogen and oxygen atoms in total. The highest BCUT2D eigenvalue weighted by Crippen LogP contribution is 2.35. The lowest BCUT2D eigenvalue weighted by molar-refractivity contribution is -0.134. The molecule has 5 rings (SSSR count). The van der Waals surface area contributed by atoms with Gasteiger partial charge in [0, 0.05) is 56.9 Å². The fourth-order valence-corrected chi connectivity index (χ4v) is 6.12. The number of piperazine rings is 1. The molecule has 196 valence electrons. The first kappa shape index (κ1) is 25.6. The highest BCUT2D eigenvalue weighted by Gasteiger charge is 2.23. The molecular formula is C28H35N5O3S. The summed E-state index contributed by atoms with van der Waals surface area (Å²) in [6.07, 6.45) is 6.45.